The van der Waals surface area contributed by atoms with Gasteiger partial charge in [-0.2, -0.15) is 0 Å². The summed E-state index contributed by atoms with van der Waals surface area (Å²) >= 11 is 0. The van der Waals surface area contributed by atoms with Crippen molar-refractivity contribution in [2.75, 3.05) is 0 Å². The molecule has 0 aliphatic carbocycles. The number of hydroxylamine groups is 4. The van der Waals surface area contributed by atoms with Crippen LogP contribution in [0, 0.1) is 10.4 Å². The van der Waals surface area contributed by atoms with Crippen molar-refractivity contribution in [3.63, 3.8) is 0 Å². The number of hydrogen-bond donors (Lipinski definition) is 0. The third-order valence-corrected chi connectivity index (χ3v) is 2.85. The molecule has 102 valence electrons. The number of nitrogens with zero attached hydrogens (tertiary/aromatic N) is 2. The van der Waals surface area contributed by atoms with Crippen LogP contribution in [0.15, 0.2) is 24.3 Å². The van der Waals surface area contributed by atoms with E-state index in [0.29, 0.717) is 13.1 Å². The molecule has 0 heterocycles. The lowest BCUT2D eigenvalue weighted by molar-refractivity contribution is 0.302. The van der Waals surface area contributed by atoms with E-state index < -0.39 is 0 Å². The summed E-state index contributed by atoms with van der Waals surface area (Å²) in [6, 6.07) is 7.63. The largest absolute Gasteiger partial charge is 0.785 e. The Morgan fingerprint density at radius 1 is 0.778 bits per heavy atom. The maximum Gasteiger partial charge on any atom is 0.0116 e. The highest BCUT2D eigenvalue weighted by atomic mass is 16.5. The van der Waals surface area contributed by atoms with Gasteiger partial charge in [-0.05, 0) is 23.2 Å². The first-order chi connectivity index (χ1) is 8.40. The van der Waals surface area contributed by atoms with Crippen LogP contribution >= 0.6 is 0 Å². The fourth-order valence-electron chi connectivity index (χ4n) is 1.48. The molecule has 0 aliphatic rings. The van der Waals surface area contributed by atoms with Gasteiger partial charge in [-0.3, -0.25) is 0 Å². The van der Waals surface area contributed by atoms with Crippen molar-refractivity contribution in [2.45, 2.75) is 52.9 Å². The minimum absolute atomic E-state index is 0.0113. The van der Waals surface area contributed by atoms with E-state index in [-0.39, 0.29) is 12.1 Å². The number of hydrogen-bond acceptors (Lipinski definition) is 4. The Morgan fingerprint density at radius 2 is 1.06 bits per heavy atom. The van der Waals surface area contributed by atoms with Crippen molar-refractivity contribution in [3.8, 4) is 0 Å². The summed E-state index contributed by atoms with van der Waals surface area (Å²) in [7, 11) is 0. The second-order valence-electron chi connectivity index (χ2n) is 5.15. The van der Waals surface area contributed by atoms with Crippen LogP contribution in [0.4, 0.5) is 0 Å². The Hall–Kier alpha value is -0.940. The van der Waals surface area contributed by atoms with Crippen LogP contribution in [0.5, 0.6) is 0 Å². The molecule has 4 nitrogen and oxygen atoms in total. The number of benzene rings is 1. The summed E-state index contributed by atoms with van der Waals surface area (Å²) < 4.78 is 0. The van der Waals surface area contributed by atoms with E-state index >= 15 is 0 Å². The summed E-state index contributed by atoms with van der Waals surface area (Å²) in [5.74, 6) is 0. The third-order valence-electron chi connectivity index (χ3n) is 2.85. The average molecular weight is 250 g/mol. The summed E-state index contributed by atoms with van der Waals surface area (Å²) in [6.45, 7) is 8.28. The molecule has 0 unspecified atom stereocenters. The first-order valence-corrected chi connectivity index (χ1v) is 6.35. The van der Waals surface area contributed by atoms with Gasteiger partial charge >= 0.3 is 0 Å². The molecule has 0 N–H and O–H groups in total. The maximum atomic E-state index is 11.5. The zero-order valence-corrected chi connectivity index (χ0v) is 11.6. The molecule has 0 aromatic heterocycles. The topological polar surface area (TPSA) is 52.6 Å². The van der Waals surface area contributed by atoms with Gasteiger partial charge < -0.3 is 20.5 Å². The molecule has 4 heteroatoms. The fourth-order valence-corrected chi connectivity index (χ4v) is 1.48. The minimum atomic E-state index is -0.0113. The Bertz CT molecular complexity index is 314. The van der Waals surface area contributed by atoms with E-state index in [9.17, 15) is 10.4 Å². The first-order valence-electron chi connectivity index (χ1n) is 6.35. The SMILES string of the molecule is CC(C)N([O-])Cc1ccc(CN([O-])C(C)C)cc1. The lowest BCUT2D eigenvalue weighted by Gasteiger charge is -2.33. The third kappa shape index (κ3) is 4.74. The van der Waals surface area contributed by atoms with Gasteiger partial charge in [0.25, 0.3) is 0 Å². The van der Waals surface area contributed by atoms with Crippen LogP contribution in [-0.4, -0.2) is 22.2 Å². The predicted molar refractivity (Wildman–Crippen MR) is 74.5 cm³/mol. The fraction of sp³-hybridized carbons (Fsp3) is 0.571. The Balaban J connectivity index is 2.57. The highest BCUT2D eigenvalue weighted by Gasteiger charge is 2.01. The van der Waals surface area contributed by atoms with E-state index in [1.807, 2.05) is 52.0 Å². The van der Waals surface area contributed by atoms with Crippen molar-refractivity contribution in [3.05, 3.63) is 45.8 Å². The molecule has 0 saturated carbocycles. The van der Waals surface area contributed by atoms with E-state index in [2.05, 4.69) is 0 Å². The summed E-state index contributed by atoms with van der Waals surface area (Å²) in [4.78, 5) is 0. The number of rotatable bonds is 6. The summed E-state index contributed by atoms with van der Waals surface area (Å²) in [5.41, 5.74) is 1.95. The molecule has 1 aromatic rings. The van der Waals surface area contributed by atoms with Crippen molar-refractivity contribution in [1.29, 1.82) is 0 Å². The van der Waals surface area contributed by atoms with Crippen molar-refractivity contribution >= 4 is 0 Å². The molecule has 0 atom stereocenters. The van der Waals surface area contributed by atoms with Gasteiger partial charge in [-0.1, -0.05) is 52.0 Å². The van der Waals surface area contributed by atoms with Crippen LogP contribution in [0.3, 0.4) is 0 Å². The molecule has 18 heavy (non-hydrogen) atoms. The van der Waals surface area contributed by atoms with Crippen LogP contribution in [-0.2, 0) is 13.1 Å². The molecule has 0 bridgehead atoms. The molecular formula is C14H22N2O2-2. The van der Waals surface area contributed by atoms with E-state index in [4.69, 9.17) is 0 Å². The molecule has 0 radical (unpaired) electrons. The van der Waals surface area contributed by atoms with Crippen molar-refractivity contribution in [2.24, 2.45) is 0 Å². The van der Waals surface area contributed by atoms with Crippen LogP contribution in [0.25, 0.3) is 0 Å². The van der Waals surface area contributed by atoms with E-state index in [1.165, 1.54) is 0 Å². The van der Waals surface area contributed by atoms with Gasteiger partial charge in [0.1, 0.15) is 0 Å². The summed E-state index contributed by atoms with van der Waals surface area (Å²) in [5, 5.41) is 25.1. The van der Waals surface area contributed by atoms with Crippen LogP contribution < -0.4 is 0 Å². The van der Waals surface area contributed by atoms with Gasteiger partial charge in [0.15, 0.2) is 0 Å². The molecule has 0 saturated heterocycles. The monoisotopic (exact) mass is 250 g/mol. The molecule has 0 aliphatic heterocycles. The molecule has 0 spiro atoms. The normalized spacial score (nSPS) is 12.1. The van der Waals surface area contributed by atoms with E-state index in [0.717, 1.165) is 21.3 Å². The Kier molecular flexibility index (Phi) is 5.75. The average Bonchev–Trinajstić information content (AvgIpc) is 2.31. The standard InChI is InChI=1S/C14H22N2O2/c1-11(2)15(17)9-13-5-7-14(8-6-13)10-16(18)12(3)4/h5-8,11-12H,9-10H2,1-4H3/q-2. The van der Waals surface area contributed by atoms with Crippen molar-refractivity contribution in [1.82, 2.24) is 10.1 Å². The van der Waals surface area contributed by atoms with Gasteiger partial charge in [0, 0.05) is 13.1 Å². The molecule has 0 amide bonds. The Morgan fingerprint density at radius 3 is 1.28 bits per heavy atom. The maximum absolute atomic E-state index is 11.5. The van der Waals surface area contributed by atoms with Gasteiger partial charge in [-0.15, -0.1) is 0 Å². The minimum Gasteiger partial charge on any atom is -0.785 e. The predicted octanol–water partition coefficient (Wildman–Crippen LogP) is 3.10. The summed E-state index contributed by atoms with van der Waals surface area (Å²) in [6.07, 6.45) is 0. The lowest BCUT2D eigenvalue weighted by Crippen LogP contribution is -2.24. The quantitative estimate of drug-likeness (QED) is 0.728. The first kappa shape index (κ1) is 15.1. The highest BCUT2D eigenvalue weighted by molar-refractivity contribution is 5.22. The molecule has 0 fully saturated rings. The zero-order valence-electron chi connectivity index (χ0n) is 11.6. The molecular weight excluding hydrogens is 228 g/mol. The second kappa shape index (κ2) is 6.85. The molecule has 1 rings (SSSR count). The Labute approximate surface area is 109 Å². The van der Waals surface area contributed by atoms with Crippen molar-refractivity contribution < 1.29 is 0 Å². The van der Waals surface area contributed by atoms with Gasteiger partial charge in [0.2, 0.25) is 0 Å². The van der Waals surface area contributed by atoms with Gasteiger partial charge in [0.05, 0.1) is 0 Å². The second-order valence-corrected chi connectivity index (χ2v) is 5.15. The smallest absolute Gasteiger partial charge is 0.0116 e. The van der Waals surface area contributed by atoms with Crippen LogP contribution in [0.2, 0.25) is 0 Å². The zero-order chi connectivity index (χ0) is 13.7. The lowest BCUT2D eigenvalue weighted by atomic mass is 10.1. The highest BCUT2D eigenvalue weighted by Crippen LogP contribution is 2.11. The molecule has 1 aromatic carbocycles. The van der Waals surface area contributed by atoms with Crippen LogP contribution in [0.1, 0.15) is 38.8 Å². The van der Waals surface area contributed by atoms with E-state index in [1.54, 1.807) is 0 Å². The van der Waals surface area contributed by atoms with Gasteiger partial charge in [-0.25, -0.2) is 0 Å².